The zero-order chi connectivity index (χ0) is 26.3. The summed E-state index contributed by atoms with van der Waals surface area (Å²) in [7, 11) is 0. The third-order valence-corrected chi connectivity index (χ3v) is 6.21. The maximum atomic E-state index is 14.0. The average Bonchev–Trinajstić information content (AvgIpc) is 2.84. The van der Waals surface area contributed by atoms with E-state index in [0.29, 0.717) is 42.9 Å². The fourth-order valence-electron chi connectivity index (χ4n) is 4.15. The van der Waals surface area contributed by atoms with Crippen LogP contribution >= 0.6 is 0 Å². The first-order valence-corrected chi connectivity index (χ1v) is 12.2. The molecule has 0 fully saturated rings. The van der Waals surface area contributed by atoms with Crippen LogP contribution < -0.4 is 10.6 Å². The normalized spacial score (nSPS) is 17.3. The van der Waals surface area contributed by atoms with Gasteiger partial charge in [-0.1, -0.05) is 56.4 Å². The Bertz CT molecular complexity index is 1080. The Balaban J connectivity index is 1.85. The SMILES string of the molecule is Cc1cc([C@H](CCc2ccc(C(F)(F)F)nc2)NC(C(=O)NCC(C)C)C2C=CC=CC2)ccc1F. The van der Waals surface area contributed by atoms with E-state index in [1.165, 1.54) is 18.3 Å². The first-order valence-electron chi connectivity index (χ1n) is 12.2. The second-order valence-electron chi connectivity index (χ2n) is 9.65. The van der Waals surface area contributed by atoms with Gasteiger partial charge in [0.25, 0.3) is 0 Å². The van der Waals surface area contributed by atoms with Crippen LogP contribution in [0.4, 0.5) is 17.6 Å². The number of allylic oxidation sites excluding steroid dienone is 3. The standard InChI is InChI=1S/C28H33F4N3O/c1-18(2)16-34-27(36)26(21-7-5-4-6-8-21)35-24(22-11-12-23(29)19(3)15-22)13-9-20-10-14-25(33-17-20)28(30,31)32/h4-7,10-12,14-15,17-18,21,24,26,35H,8-9,13,16H2,1-3H3,(H,34,36)/t21?,24-,26?/m0/s1. The summed E-state index contributed by atoms with van der Waals surface area (Å²) >= 11 is 0. The van der Waals surface area contributed by atoms with E-state index in [9.17, 15) is 22.4 Å². The Labute approximate surface area is 209 Å². The Morgan fingerprint density at radius 3 is 2.53 bits per heavy atom. The van der Waals surface area contributed by atoms with Crippen molar-refractivity contribution in [3.05, 3.63) is 89.0 Å². The van der Waals surface area contributed by atoms with Gasteiger partial charge in [-0.25, -0.2) is 4.39 Å². The minimum atomic E-state index is -4.49. The number of amides is 1. The van der Waals surface area contributed by atoms with Crippen LogP contribution in [-0.2, 0) is 17.4 Å². The van der Waals surface area contributed by atoms with Crippen LogP contribution in [0.25, 0.3) is 0 Å². The zero-order valence-corrected chi connectivity index (χ0v) is 20.8. The van der Waals surface area contributed by atoms with Crippen LogP contribution in [0.1, 0.15) is 55.1 Å². The van der Waals surface area contributed by atoms with Crippen molar-refractivity contribution >= 4 is 5.91 Å². The van der Waals surface area contributed by atoms with Crippen molar-refractivity contribution in [2.24, 2.45) is 11.8 Å². The molecule has 0 radical (unpaired) electrons. The van der Waals surface area contributed by atoms with Gasteiger partial charge >= 0.3 is 6.18 Å². The second-order valence-corrected chi connectivity index (χ2v) is 9.65. The summed E-state index contributed by atoms with van der Waals surface area (Å²) in [5.74, 6) is -0.220. The minimum Gasteiger partial charge on any atom is -0.354 e. The number of aryl methyl sites for hydroxylation is 2. The number of hydrogen-bond acceptors (Lipinski definition) is 3. The zero-order valence-electron chi connectivity index (χ0n) is 20.8. The van der Waals surface area contributed by atoms with Gasteiger partial charge in [-0.15, -0.1) is 0 Å². The number of carbonyl (C=O) groups excluding carboxylic acids is 1. The third kappa shape index (κ3) is 7.75. The Morgan fingerprint density at radius 1 is 1.17 bits per heavy atom. The number of rotatable bonds is 10. The van der Waals surface area contributed by atoms with E-state index in [0.717, 1.165) is 11.6 Å². The average molecular weight is 504 g/mol. The summed E-state index contributed by atoms with van der Waals surface area (Å²) in [5, 5.41) is 6.51. The van der Waals surface area contributed by atoms with Crippen molar-refractivity contribution in [3.63, 3.8) is 0 Å². The second kappa shape index (κ2) is 12.3. The minimum absolute atomic E-state index is 0.0704. The van der Waals surface area contributed by atoms with Gasteiger partial charge in [0, 0.05) is 24.7 Å². The third-order valence-electron chi connectivity index (χ3n) is 6.21. The van der Waals surface area contributed by atoms with Crippen molar-refractivity contribution in [2.75, 3.05) is 6.54 Å². The lowest BCUT2D eigenvalue weighted by Crippen LogP contribution is -2.50. The molecule has 3 rings (SSSR count). The first-order chi connectivity index (χ1) is 17.0. The summed E-state index contributed by atoms with van der Waals surface area (Å²) in [6.07, 6.45) is 6.23. The monoisotopic (exact) mass is 503 g/mol. The molecular formula is C28H33F4N3O. The van der Waals surface area contributed by atoms with Crippen molar-refractivity contribution in [3.8, 4) is 0 Å². The van der Waals surface area contributed by atoms with Crippen molar-refractivity contribution < 1.29 is 22.4 Å². The summed E-state index contributed by atoms with van der Waals surface area (Å²) in [4.78, 5) is 16.8. The summed E-state index contributed by atoms with van der Waals surface area (Å²) in [6, 6.07) is 6.36. The van der Waals surface area contributed by atoms with Gasteiger partial charge in [0.05, 0.1) is 6.04 Å². The molecule has 2 N–H and O–H groups in total. The van der Waals surface area contributed by atoms with Gasteiger partial charge in [-0.3, -0.25) is 15.1 Å². The van der Waals surface area contributed by atoms with E-state index in [-0.39, 0.29) is 23.7 Å². The molecule has 2 unspecified atom stereocenters. The molecule has 194 valence electrons. The molecule has 1 heterocycles. The van der Waals surface area contributed by atoms with Crippen LogP contribution in [0.5, 0.6) is 0 Å². The maximum absolute atomic E-state index is 14.0. The van der Waals surface area contributed by atoms with E-state index < -0.39 is 17.9 Å². The van der Waals surface area contributed by atoms with E-state index in [2.05, 4.69) is 15.6 Å². The number of nitrogens with zero attached hydrogens (tertiary/aromatic N) is 1. The molecule has 0 bridgehead atoms. The number of alkyl halides is 3. The number of hydrogen-bond donors (Lipinski definition) is 2. The van der Waals surface area contributed by atoms with Gasteiger partial charge in [-0.05, 0) is 60.9 Å². The molecular weight excluding hydrogens is 470 g/mol. The first kappa shape index (κ1) is 27.6. The van der Waals surface area contributed by atoms with Crippen LogP contribution in [0.3, 0.4) is 0 Å². The van der Waals surface area contributed by atoms with Crippen LogP contribution in [0, 0.1) is 24.6 Å². The van der Waals surface area contributed by atoms with Gasteiger partial charge in [0.2, 0.25) is 5.91 Å². The predicted octanol–water partition coefficient (Wildman–Crippen LogP) is 6.08. The molecule has 36 heavy (non-hydrogen) atoms. The number of nitrogens with one attached hydrogen (secondary N) is 2. The highest BCUT2D eigenvalue weighted by atomic mass is 19.4. The highest BCUT2D eigenvalue weighted by Gasteiger charge is 2.32. The molecule has 0 saturated carbocycles. The van der Waals surface area contributed by atoms with E-state index >= 15 is 0 Å². The Morgan fingerprint density at radius 2 is 1.94 bits per heavy atom. The van der Waals surface area contributed by atoms with Gasteiger partial charge < -0.3 is 5.32 Å². The fourth-order valence-corrected chi connectivity index (χ4v) is 4.15. The molecule has 0 spiro atoms. The predicted molar refractivity (Wildman–Crippen MR) is 133 cm³/mol. The molecule has 3 atom stereocenters. The molecule has 1 amide bonds. The number of halogens is 4. The fraction of sp³-hybridized carbons (Fsp3) is 0.429. The number of pyridine rings is 1. The smallest absolute Gasteiger partial charge is 0.354 e. The van der Waals surface area contributed by atoms with Crippen molar-refractivity contribution in [2.45, 2.75) is 58.3 Å². The van der Waals surface area contributed by atoms with Gasteiger partial charge in [0.1, 0.15) is 11.5 Å². The van der Waals surface area contributed by atoms with Crippen molar-refractivity contribution in [1.29, 1.82) is 0 Å². The topological polar surface area (TPSA) is 54.0 Å². The maximum Gasteiger partial charge on any atom is 0.433 e. The molecule has 1 aliphatic carbocycles. The largest absolute Gasteiger partial charge is 0.433 e. The summed E-state index contributed by atoms with van der Waals surface area (Å²) in [6.45, 7) is 6.26. The molecule has 2 aromatic rings. The number of benzene rings is 1. The highest BCUT2D eigenvalue weighted by molar-refractivity contribution is 5.82. The lowest BCUT2D eigenvalue weighted by Gasteiger charge is -2.31. The summed E-state index contributed by atoms with van der Waals surface area (Å²) < 4.78 is 52.7. The highest BCUT2D eigenvalue weighted by Crippen LogP contribution is 2.29. The van der Waals surface area contributed by atoms with Crippen LogP contribution in [-0.4, -0.2) is 23.5 Å². The number of carbonyl (C=O) groups is 1. The van der Waals surface area contributed by atoms with E-state index in [4.69, 9.17) is 0 Å². The molecule has 1 aromatic carbocycles. The van der Waals surface area contributed by atoms with E-state index in [1.54, 1.807) is 19.1 Å². The van der Waals surface area contributed by atoms with Gasteiger partial charge in [-0.2, -0.15) is 13.2 Å². The van der Waals surface area contributed by atoms with Crippen LogP contribution in [0.15, 0.2) is 60.8 Å². The van der Waals surface area contributed by atoms with Crippen LogP contribution in [0.2, 0.25) is 0 Å². The van der Waals surface area contributed by atoms with Gasteiger partial charge in [0.15, 0.2) is 0 Å². The molecule has 1 aliphatic rings. The molecule has 0 aliphatic heterocycles. The summed E-state index contributed by atoms with van der Waals surface area (Å²) in [5.41, 5.74) is 1.01. The number of aromatic nitrogens is 1. The van der Waals surface area contributed by atoms with Crippen molar-refractivity contribution in [1.82, 2.24) is 15.6 Å². The quantitative estimate of drug-likeness (QED) is 0.386. The molecule has 0 saturated heterocycles. The molecule has 4 nitrogen and oxygen atoms in total. The molecule has 8 heteroatoms. The lowest BCUT2D eigenvalue weighted by atomic mass is 9.89. The Hall–Kier alpha value is -3.00. The van der Waals surface area contributed by atoms with E-state index in [1.807, 2.05) is 38.2 Å². The Kier molecular flexibility index (Phi) is 9.43. The molecule has 1 aromatic heterocycles. The lowest BCUT2D eigenvalue weighted by molar-refractivity contribution is -0.141.